The first-order chi connectivity index (χ1) is 14.2. The highest BCUT2D eigenvalue weighted by molar-refractivity contribution is 5.93. The van der Waals surface area contributed by atoms with Crippen molar-refractivity contribution in [1.82, 2.24) is 9.80 Å². The average molecular weight is 389 g/mol. The highest BCUT2D eigenvalue weighted by Crippen LogP contribution is 2.21. The number of rotatable bonds is 5. The number of anilines is 1. The Hall–Kier alpha value is -3.38. The summed E-state index contributed by atoms with van der Waals surface area (Å²) in [7, 11) is 0. The second kappa shape index (κ2) is 8.75. The van der Waals surface area contributed by atoms with Gasteiger partial charge in [0.1, 0.15) is 0 Å². The number of hydrogen-bond acceptors (Lipinski definition) is 4. The van der Waals surface area contributed by atoms with Crippen LogP contribution >= 0.6 is 0 Å². The van der Waals surface area contributed by atoms with E-state index in [1.165, 1.54) is 6.26 Å². The molecule has 1 aliphatic heterocycles. The summed E-state index contributed by atoms with van der Waals surface area (Å²) in [5.41, 5.74) is 3.04. The summed E-state index contributed by atoms with van der Waals surface area (Å²) in [6, 6.07) is 21.3. The summed E-state index contributed by atoms with van der Waals surface area (Å²) in [4.78, 5) is 28.5. The van der Waals surface area contributed by atoms with Crippen LogP contribution in [0.2, 0.25) is 0 Å². The summed E-state index contributed by atoms with van der Waals surface area (Å²) in [6.45, 7) is 2.79. The molecule has 1 aromatic heterocycles. The normalized spacial score (nSPS) is 14.6. The lowest BCUT2D eigenvalue weighted by Crippen LogP contribution is -2.50. The van der Waals surface area contributed by atoms with Gasteiger partial charge in [-0.3, -0.25) is 14.5 Å². The molecule has 2 aromatic carbocycles. The Balaban J connectivity index is 1.26. The lowest BCUT2D eigenvalue weighted by Gasteiger charge is -2.33. The summed E-state index contributed by atoms with van der Waals surface area (Å²) >= 11 is 0. The maximum atomic E-state index is 12.4. The van der Waals surface area contributed by atoms with Crippen molar-refractivity contribution < 1.29 is 14.0 Å². The van der Waals surface area contributed by atoms with Gasteiger partial charge in [-0.2, -0.15) is 0 Å². The Morgan fingerprint density at radius 2 is 1.52 bits per heavy atom. The third-order valence-electron chi connectivity index (χ3n) is 5.03. The van der Waals surface area contributed by atoms with E-state index >= 15 is 0 Å². The zero-order valence-corrected chi connectivity index (χ0v) is 16.1. The van der Waals surface area contributed by atoms with Gasteiger partial charge in [-0.05, 0) is 35.4 Å². The van der Waals surface area contributed by atoms with Gasteiger partial charge >= 0.3 is 0 Å². The van der Waals surface area contributed by atoms with E-state index in [0.29, 0.717) is 38.5 Å². The minimum atomic E-state index is -0.0994. The number of piperazine rings is 1. The summed E-state index contributed by atoms with van der Waals surface area (Å²) in [5, 5.41) is 2.95. The van der Waals surface area contributed by atoms with Gasteiger partial charge in [0, 0.05) is 31.9 Å². The highest BCUT2D eigenvalue weighted by atomic mass is 16.3. The summed E-state index contributed by atoms with van der Waals surface area (Å²) < 4.78 is 5.17. The summed E-state index contributed by atoms with van der Waals surface area (Å²) in [5.74, 6) is 0.205. The van der Waals surface area contributed by atoms with Crippen molar-refractivity contribution >= 4 is 17.5 Å². The summed E-state index contributed by atoms with van der Waals surface area (Å²) in [6.07, 6.45) is 1.50. The lowest BCUT2D eigenvalue weighted by molar-refractivity contribution is -0.117. The first-order valence-electron chi connectivity index (χ1n) is 9.69. The average Bonchev–Trinajstić information content (AvgIpc) is 3.30. The van der Waals surface area contributed by atoms with E-state index in [1.54, 1.807) is 17.0 Å². The maximum Gasteiger partial charge on any atom is 0.289 e. The van der Waals surface area contributed by atoms with Gasteiger partial charge in [-0.15, -0.1) is 0 Å². The molecule has 0 radical (unpaired) electrons. The first kappa shape index (κ1) is 19.0. The van der Waals surface area contributed by atoms with Gasteiger partial charge in [0.25, 0.3) is 5.91 Å². The second-order valence-electron chi connectivity index (χ2n) is 7.04. The van der Waals surface area contributed by atoms with Gasteiger partial charge in [0.15, 0.2) is 5.76 Å². The van der Waals surface area contributed by atoms with E-state index in [1.807, 2.05) is 42.5 Å². The smallest absolute Gasteiger partial charge is 0.289 e. The van der Waals surface area contributed by atoms with Gasteiger partial charge < -0.3 is 14.6 Å². The van der Waals surface area contributed by atoms with Crippen LogP contribution in [0.4, 0.5) is 5.69 Å². The van der Waals surface area contributed by atoms with Crippen LogP contribution in [0, 0.1) is 0 Å². The van der Waals surface area contributed by atoms with Gasteiger partial charge in [-0.1, -0.05) is 42.5 Å². The van der Waals surface area contributed by atoms with E-state index < -0.39 is 0 Å². The molecule has 2 amide bonds. The van der Waals surface area contributed by atoms with Crippen LogP contribution in [-0.4, -0.2) is 54.3 Å². The zero-order valence-electron chi connectivity index (χ0n) is 16.1. The molecule has 0 spiro atoms. The molecule has 1 N–H and O–H groups in total. The molecule has 6 heteroatoms. The van der Waals surface area contributed by atoms with E-state index in [2.05, 4.69) is 22.3 Å². The number of amides is 2. The first-order valence-corrected chi connectivity index (χ1v) is 9.69. The van der Waals surface area contributed by atoms with Crippen molar-refractivity contribution in [2.24, 2.45) is 0 Å². The third-order valence-corrected chi connectivity index (χ3v) is 5.03. The largest absolute Gasteiger partial charge is 0.459 e. The molecule has 0 aliphatic carbocycles. The number of nitrogens with one attached hydrogen (secondary N) is 1. The number of benzene rings is 2. The number of furan rings is 1. The van der Waals surface area contributed by atoms with E-state index in [4.69, 9.17) is 4.42 Å². The van der Waals surface area contributed by atoms with Crippen molar-refractivity contribution in [1.29, 1.82) is 0 Å². The predicted molar refractivity (Wildman–Crippen MR) is 112 cm³/mol. The van der Waals surface area contributed by atoms with Crippen LogP contribution < -0.4 is 5.32 Å². The van der Waals surface area contributed by atoms with Gasteiger partial charge in [0.05, 0.1) is 12.8 Å². The zero-order chi connectivity index (χ0) is 20.1. The highest BCUT2D eigenvalue weighted by Gasteiger charge is 2.24. The molecule has 1 aliphatic rings. The Morgan fingerprint density at radius 3 is 2.17 bits per heavy atom. The Kier molecular flexibility index (Phi) is 5.72. The third kappa shape index (κ3) is 4.73. The fourth-order valence-corrected chi connectivity index (χ4v) is 3.45. The number of nitrogens with zero attached hydrogens (tertiary/aromatic N) is 2. The SMILES string of the molecule is O=C(CN1CCN(C(=O)c2ccco2)CC1)Nc1ccc(-c2ccccc2)cc1. The van der Waals surface area contributed by atoms with E-state index in [-0.39, 0.29) is 11.8 Å². The standard InChI is InChI=1S/C23H23N3O3/c27-22(24-20-10-8-19(9-11-20)18-5-2-1-3-6-18)17-25-12-14-26(15-13-25)23(28)21-7-4-16-29-21/h1-11,16H,12-15,17H2,(H,24,27). The van der Waals surface area contributed by atoms with Crippen molar-refractivity contribution in [3.63, 3.8) is 0 Å². The van der Waals surface area contributed by atoms with Gasteiger partial charge in [0.2, 0.25) is 5.91 Å². The fraction of sp³-hybridized carbons (Fsp3) is 0.217. The molecule has 6 nitrogen and oxygen atoms in total. The number of carbonyl (C=O) groups is 2. The Morgan fingerprint density at radius 1 is 0.828 bits per heavy atom. The molecular formula is C23H23N3O3. The van der Waals surface area contributed by atoms with Crippen LogP contribution in [0.25, 0.3) is 11.1 Å². The van der Waals surface area contributed by atoms with Crippen molar-refractivity contribution in [3.8, 4) is 11.1 Å². The minimum absolute atomic E-state index is 0.0525. The molecule has 4 rings (SSSR count). The minimum Gasteiger partial charge on any atom is -0.459 e. The molecule has 0 unspecified atom stereocenters. The number of hydrogen-bond donors (Lipinski definition) is 1. The van der Waals surface area contributed by atoms with Gasteiger partial charge in [-0.25, -0.2) is 0 Å². The molecule has 29 heavy (non-hydrogen) atoms. The maximum absolute atomic E-state index is 12.4. The molecule has 1 fully saturated rings. The van der Waals surface area contributed by atoms with E-state index in [9.17, 15) is 9.59 Å². The molecule has 0 bridgehead atoms. The Labute approximate surface area is 169 Å². The van der Waals surface area contributed by atoms with Crippen LogP contribution in [0.3, 0.4) is 0 Å². The molecule has 148 valence electrons. The monoisotopic (exact) mass is 389 g/mol. The predicted octanol–water partition coefficient (Wildman–Crippen LogP) is 3.34. The van der Waals surface area contributed by atoms with Crippen LogP contribution in [0.15, 0.2) is 77.4 Å². The molecule has 3 aromatic rings. The van der Waals surface area contributed by atoms with Crippen molar-refractivity contribution in [3.05, 3.63) is 78.8 Å². The van der Waals surface area contributed by atoms with E-state index in [0.717, 1.165) is 16.8 Å². The Bertz CT molecular complexity index is 945. The quantitative estimate of drug-likeness (QED) is 0.727. The number of carbonyl (C=O) groups excluding carboxylic acids is 2. The molecular weight excluding hydrogens is 366 g/mol. The second-order valence-corrected chi connectivity index (χ2v) is 7.04. The topological polar surface area (TPSA) is 65.8 Å². The molecule has 0 saturated carbocycles. The van der Waals surface area contributed by atoms with Crippen LogP contribution in [0.1, 0.15) is 10.6 Å². The lowest BCUT2D eigenvalue weighted by atomic mass is 10.1. The van der Waals surface area contributed by atoms with Crippen molar-refractivity contribution in [2.75, 3.05) is 38.0 Å². The fourth-order valence-electron chi connectivity index (χ4n) is 3.45. The molecule has 0 atom stereocenters. The van der Waals surface area contributed by atoms with Crippen molar-refractivity contribution in [2.45, 2.75) is 0 Å². The van der Waals surface area contributed by atoms with Crippen LogP contribution in [0.5, 0.6) is 0 Å². The van der Waals surface area contributed by atoms with Crippen LogP contribution in [-0.2, 0) is 4.79 Å². The molecule has 2 heterocycles. The molecule has 1 saturated heterocycles.